The number of fused-ring (bicyclic) bond motifs is 1. The third-order valence-electron chi connectivity index (χ3n) is 9.53. The van der Waals surface area contributed by atoms with Crippen molar-refractivity contribution in [3.8, 4) is 0 Å². The number of rotatable bonds is 9. The molecule has 1 heterocycles. The normalized spacial score (nSPS) is 34.8. The molecule has 1 saturated heterocycles. The Kier molecular flexibility index (Phi) is 7.55. The maximum Gasteiger partial charge on any atom is 0.340 e. The van der Waals surface area contributed by atoms with Crippen molar-refractivity contribution >= 4 is 5.97 Å². The number of benzene rings is 2. The van der Waals surface area contributed by atoms with E-state index < -0.39 is 11.9 Å². The van der Waals surface area contributed by atoms with E-state index in [4.69, 9.17) is 14.2 Å². The molecule has 4 nitrogen and oxygen atoms in total. The largest absolute Gasteiger partial charge is 0.429 e. The number of carbonyl (C=O) groups excluding carboxylic acids is 1. The summed E-state index contributed by atoms with van der Waals surface area (Å²) in [5.41, 5.74) is 1.66. The van der Waals surface area contributed by atoms with Crippen LogP contribution >= 0.6 is 0 Å². The standard InChI is InChI=1S/C32H42O4/c1-23(12-10-21-32(3)30(33)35-29(36-32)25-15-8-5-9-16-25)26-18-19-27-28(17-11-20-31(26,27)2)34-22-24-13-6-4-7-14-24/h4-9,13-16,23,26-29H,10-12,17-22H2,1-3H3/t23-,26-,27?,28?,29-,31-,32-/m1/s1. The quantitative estimate of drug-likeness (QED) is 0.339. The Balaban J connectivity index is 1.14. The zero-order chi connectivity index (χ0) is 25.2. The highest BCUT2D eigenvalue weighted by atomic mass is 16.8. The van der Waals surface area contributed by atoms with Gasteiger partial charge in [0.2, 0.25) is 6.29 Å². The van der Waals surface area contributed by atoms with Crippen molar-refractivity contribution in [1.29, 1.82) is 0 Å². The molecule has 0 aromatic heterocycles. The van der Waals surface area contributed by atoms with Crippen LogP contribution in [0.4, 0.5) is 0 Å². The lowest BCUT2D eigenvalue weighted by molar-refractivity contribution is -0.145. The maximum absolute atomic E-state index is 12.7. The molecule has 4 heteroatoms. The van der Waals surface area contributed by atoms with Gasteiger partial charge in [0.05, 0.1) is 12.7 Å². The van der Waals surface area contributed by atoms with Crippen molar-refractivity contribution in [3.05, 3.63) is 71.8 Å². The fourth-order valence-corrected chi connectivity index (χ4v) is 7.47. The van der Waals surface area contributed by atoms with Crippen LogP contribution in [-0.2, 0) is 25.6 Å². The van der Waals surface area contributed by atoms with Gasteiger partial charge in [0.25, 0.3) is 0 Å². The molecule has 3 aliphatic rings. The van der Waals surface area contributed by atoms with Crippen LogP contribution in [0.15, 0.2) is 60.7 Å². The van der Waals surface area contributed by atoms with E-state index in [9.17, 15) is 4.79 Å². The van der Waals surface area contributed by atoms with Crippen LogP contribution in [0.2, 0.25) is 0 Å². The van der Waals surface area contributed by atoms with E-state index in [0.717, 1.165) is 25.0 Å². The first kappa shape index (κ1) is 25.5. The molecule has 2 aromatic rings. The van der Waals surface area contributed by atoms with Crippen LogP contribution < -0.4 is 0 Å². The molecule has 7 atom stereocenters. The second-order valence-electron chi connectivity index (χ2n) is 11.9. The molecule has 36 heavy (non-hydrogen) atoms. The highest BCUT2D eigenvalue weighted by Gasteiger charge is 2.53. The van der Waals surface area contributed by atoms with Gasteiger partial charge in [-0.25, -0.2) is 4.79 Å². The minimum atomic E-state index is -0.858. The fourth-order valence-electron chi connectivity index (χ4n) is 7.47. The summed E-state index contributed by atoms with van der Waals surface area (Å²) in [7, 11) is 0. The van der Waals surface area contributed by atoms with E-state index in [2.05, 4.69) is 44.2 Å². The van der Waals surface area contributed by atoms with Gasteiger partial charge in [0, 0.05) is 5.56 Å². The molecule has 2 unspecified atom stereocenters. The topological polar surface area (TPSA) is 44.8 Å². The Morgan fingerprint density at radius 1 is 1.00 bits per heavy atom. The second-order valence-corrected chi connectivity index (χ2v) is 11.9. The summed E-state index contributed by atoms with van der Waals surface area (Å²) < 4.78 is 18.3. The summed E-state index contributed by atoms with van der Waals surface area (Å²) in [5, 5.41) is 0. The fraction of sp³-hybridized carbons (Fsp3) is 0.594. The van der Waals surface area contributed by atoms with Crippen LogP contribution in [0, 0.1) is 23.2 Å². The first-order valence-corrected chi connectivity index (χ1v) is 14.0. The van der Waals surface area contributed by atoms with Gasteiger partial charge < -0.3 is 14.2 Å². The van der Waals surface area contributed by atoms with Crippen molar-refractivity contribution in [2.24, 2.45) is 23.2 Å². The van der Waals surface area contributed by atoms with E-state index in [1.54, 1.807) is 0 Å². The maximum atomic E-state index is 12.7. The van der Waals surface area contributed by atoms with Crippen molar-refractivity contribution in [2.75, 3.05) is 0 Å². The lowest BCUT2D eigenvalue weighted by Gasteiger charge is -2.46. The van der Waals surface area contributed by atoms with Gasteiger partial charge in [-0.3, -0.25) is 0 Å². The SMILES string of the molecule is C[C@H](CCC[C@@]1(C)O[C@H](c2ccccc2)OC1=O)[C@H]1CCC2C(OCc3ccccc3)CCC[C@@]21C. The van der Waals surface area contributed by atoms with E-state index >= 15 is 0 Å². The summed E-state index contributed by atoms with van der Waals surface area (Å²) in [6.45, 7) is 7.57. The summed E-state index contributed by atoms with van der Waals surface area (Å²) in [4.78, 5) is 12.7. The highest BCUT2D eigenvalue weighted by molar-refractivity contribution is 5.80. The summed E-state index contributed by atoms with van der Waals surface area (Å²) >= 11 is 0. The number of hydrogen-bond donors (Lipinski definition) is 0. The summed E-state index contributed by atoms with van der Waals surface area (Å²) in [6, 6.07) is 20.3. The zero-order valence-corrected chi connectivity index (χ0v) is 22.2. The minimum absolute atomic E-state index is 0.234. The molecule has 0 bridgehead atoms. The minimum Gasteiger partial charge on any atom is -0.429 e. The van der Waals surface area contributed by atoms with Gasteiger partial charge in [0.1, 0.15) is 0 Å². The van der Waals surface area contributed by atoms with E-state index in [1.807, 2.05) is 37.3 Å². The summed E-state index contributed by atoms with van der Waals surface area (Å²) in [6.07, 6.45) is 8.89. The molecule has 0 radical (unpaired) electrons. The third-order valence-corrected chi connectivity index (χ3v) is 9.53. The molecule has 194 valence electrons. The average Bonchev–Trinajstić information content (AvgIpc) is 3.40. The Bertz CT molecular complexity index is 1010. The molecular formula is C32H42O4. The second kappa shape index (κ2) is 10.7. The van der Waals surface area contributed by atoms with Gasteiger partial charge >= 0.3 is 5.97 Å². The number of esters is 1. The van der Waals surface area contributed by atoms with Crippen LogP contribution in [0.25, 0.3) is 0 Å². The number of cyclic esters (lactones) is 1. The Hall–Kier alpha value is -2.17. The molecule has 2 aromatic carbocycles. The lowest BCUT2D eigenvalue weighted by Crippen LogP contribution is -2.42. The van der Waals surface area contributed by atoms with Crippen LogP contribution in [0.5, 0.6) is 0 Å². The van der Waals surface area contributed by atoms with Crippen LogP contribution in [-0.4, -0.2) is 17.7 Å². The predicted octanol–water partition coefficient (Wildman–Crippen LogP) is 7.63. The molecular weight excluding hydrogens is 448 g/mol. The zero-order valence-electron chi connectivity index (χ0n) is 22.2. The molecule has 0 spiro atoms. The Morgan fingerprint density at radius 3 is 2.47 bits per heavy atom. The van der Waals surface area contributed by atoms with Crippen LogP contribution in [0.3, 0.4) is 0 Å². The van der Waals surface area contributed by atoms with Crippen molar-refractivity contribution < 1.29 is 19.0 Å². The van der Waals surface area contributed by atoms with Gasteiger partial charge in [-0.2, -0.15) is 0 Å². The van der Waals surface area contributed by atoms with E-state index in [1.165, 1.54) is 37.7 Å². The lowest BCUT2D eigenvalue weighted by atomic mass is 9.61. The molecule has 2 aliphatic carbocycles. The highest BCUT2D eigenvalue weighted by Crippen LogP contribution is 2.59. The van der Waals surface area contributed by atoms with Crippen LogP contribution in [0.1, 0.15) is 89.6 Å². The number of hydrogen-bond acceptors (Lipinski definition) is 4. The molecule has 0 amide bonds. The van der Waals surface area contributed by atoms with Gasteiger partial charge in [-0.05, 0) is 74.2 Å². The molecule has 2 saturated carbocycles. The van der Waals surface area contributed by atoms with Gasteiger partial charge in [-0.15, -0.1) is 0 Å². The Morgan fingerprint density at radius 2 is 1.72 bits per heavy atom. The first-order valence-electron chi connectivity index (χ1n) is 14.0. The monoisotopic (exact) mass is 490 g/mol. The van der Waals surface area contributed by atoms with E-state index in [0.29, 0.717) is 35.7 Å². The molecule has 3 fully saturated rings. The molecule has 5 rings (SSSR count). The van der Waals surface area contributed by atoms with Gasteiger partial charge in [-0.1, -0.05) is 87.4 Å². The van der Waals surface area contributed by atoms with Gasteiger partial charge in [0.15, 0.2) is 5.60 Å². The third kappa shape index (κ3) is 5.13. The van der Waals surface area contributed by atoms with Crippen molar-refractivity contribution in [3.63, 3.8) is 0 Å². The number of carbonyl (C=O) groups is 1. The average molecular weight is 491 g/mol. The Labute approximate surface area is 216 Å². The number of ether oxygens (including phenoxy) is 3. The van der Waals surface area contributed by atoms with Crippen molar-refractivity contribution in [2.45, 2.75) is 96.7 Å². The molecule has 1 aliphatic heterocycles. The van der Waals surface area contributed by atoms with E-state index in [-0.39, 0.29) is 5.97 Å². The predicted molar refractivity (Wildman–Crippen MR) is 141 cm³/mol. The molecule has 0 N–H and O–H groups in total. The smallest absolute Gasteiger partial charge is 0.340 e. The first-order chi connectivity index (χ1) is 17.4. The summed E-state index contributed by atoms with van der Waals surface area (Å²) in [5.74, 6) is 1.76. The van der Waals surface area contributed by atoms with Crippen molar-refractivity contribution in [1.82, 2.24) is 0 Å².